The number of carbonyl (C=O) groups excluding carboxylic acids is 3. The van der Waals surface area contributed by atoms with Crippen molar-refractivity contribution in [3.8, 4) is 0 Å². The van der Waals surface area contributed by atoms with Crippen LogP contribution in [0.5, 0.6) is 0 Å². The van der Waals surface area contributed by atoms with Crippen molar-refractivity contribution in [2.75, 3.05) is 15.5 Å². The van der Waals surface area contributed by atoms with E-state index in [1.165, 1.54) is 11.8 Å². The van der Waals surface area contributed by atoms with Crippen LogP contribution < -0.4 is 15.5 Å². The van der Waals surface area contributed by atoms with Crippen molar-refractivity contribution in [1.82, 2.24) is 0 Å². The number of hydrogen-bond acceptors (Lipinski definition) is 4. The molecule has 1 aliphatic rings. The Labute approximate surface area is 186 Å². The normalized spacial score (nSPS) is 13.5. The average Bonchev–Trinajstić information content (AvgIpc) is 3.04. The third kappa shape index (κ3) is 4.16. The van der Waals surface area contributed by atoms with Crippen LogP contribution in [-0.2, 0) is 20.8 Å². The van der Waals surface area contributed by atoms with Gasteiger partial charge in [0.15, 0.2) is 0 Å². The first-order chi connectivity index (χ1) is 15.5. The van der Waals surface area contributed by atoms with Crippen molar-refractivity contribution < 1.29 is 14.4 Å². The summed E-state index contributed by atoms with van der Waals surface area (Å²) in [5, 5.41) is 5.84. The minimum Gasteiger partial charge on any atom is -0.350 e. The number of aryl methyl sites for hydroxylation is 1. The summed E-state index contributed by atoms with van der Waals surface area (Å²) in [6.45, 7) is 3.48. The van der Waals surface area contributed by atoms with Crippen LogP contribution in [0.15, 0.2) is 84.6 Å². The SMILES string of the molecule is CCc1ccc(N2C(=O)C(Nc3ccccc3)=C(c3ccc(NC(C)=O)cc3)C2=O)cc1. The highest BCUT2D eigenvalue weighted by Gasteiger charge is 2.40. The highest BCUT2D eigenvalue weighted by atomic mass is 16.2. The van der Waals surface area contributed by atoms with Gasteiger partial charge in [0.05, 0.1) is 11.3 Å². The Bertz CT molecular complexity index is 1200. The summed E-state index contributed by atoms with van der Waals surface area (Å²) >= 11 is 0. The maximum absolute atomic E-state index is 13.5. The Hall–Kier alpha value is -4.19. The molecule has 0 atom stereocenters. The van der Waals surface area contributed by atoms with Crippen LogP contribution in [0.1, 0.15) is 25.0 Å². The molecule has 3 aromatic rings. The summed E-state index contributed by atoms with van der Waals surface area (Å²) in [5.41, 5.74) is 4.05. The summed E-state index contributed by atoms with van der Waals surface area (Å²) in [6.07, 6.45) is 0.868. The second kappa shape index (κ2) is 8.89. The minimum absolute atomic E-state index is 0.183. The van der Waals surface area contributed by atoms with Crippen LogP contribution in [0.25, 0.3) is 5.57 Å². The number of hydrogen-bond donors (Lipinski definition) is 2. The molecule has 6 nitrogen and oxygen atoms in total. The van der Waals surface area contributed by atoms with Gasteiger partial charge in [-0.2, -0.15) is 0 Å². The summed E-state index contributed by atoms with van der Waals surface area (Å²) in [6, 6.07) is 23.5. The fourth-order valence-electron chi connectivity index (χ4n) is 3.62. The van der Waals surface area contributed by atoms with E-state index in [0.29, 0.717) is 22.6 Å². The van der Waals surface area contributed by atoms with Gasteiger partial charge in [0.1, 0.15) is 5.70 Å². The summed E-state index contributed by atoms with van der Waals surface area (Å²) < 4.78 is 0. The number of nitrogens with zero attached hydrogens (tertiary/aromatic N) is 1. The van der Waals surface area contributed by atoms with E-state index < -0.39 is 11.8 Å². The van der Waals surface area contributed by atoms with Gasteiger partial charge >= 0.3 is 0 Å². The van der Waals surface area contributed by atoms with Crippen LogP contribution in [0.3, 0.4) is 0 Å². The largest absolute Gasteiger partial charge is 0.350 e. The Balaban J connectivity index is 1.76. The van der Waals surface area contributed by atoms with Gasteiger partial charge in [-0.1, -0.05) is 49.4 Å². The third-order valence-electron chi connectivity index (χ3n) is 5.22. The van der Waals surface area contributed by atoms with Crippen LogP contribution >= 0.6 is 0 Å². The Morgan fingerprint density at radius 3 is 2.06 bits per heavy atom. The first kappa shape index (κ1) is 21.1. The van der Waals surface area contributed by atoms with Gasteiger partial charge in [-0.05, 0) is 53.9 Å². The first-order valence-electron chi connectivity index (χ1n) is 10.4. The fourth-order valence-corrected chi connectivity index (χ4v) is 3.62. The lowest BCUT2D eigenvalue weighted by molar-refractivity contribution is -0.120. The molecule has 0 aliphatic carbocycles. The number of anilines is 3. The molecule has 1 heterocycles. The quantitative estimate of drug-likeness (QED) is 0.566. The number of imide groups is 1. The van der Waals surface area contributed by atoms with Crippen molar-refractivity contribution in [3.05, 3.63) is 95.7 Å². The van der Waals surface area contributed by atoms with E-state index in [9.17, 15) is 14.4 Å². The smallest absolute Gasteiger partial charge is 0.282 e. The zero-order valence-electron chi connectivity index (χ0n) is 17.9. The second-order valence-electron chi connectivity index (χ2n) is 7.47. The van der Waals surface area contributed by atoms with Gasteiger partial charge in [-0.3, -0.25) is 14.4 Å². The van der Waals surface area contributed by atoms with Gasteiger partial charge < -0.3 is 10.6 Å². The standard InChI is InChI=1S/C26H23N3O3/c1-3-18-9-15-22(16-10-18)29-25(31)23(19-11-13-21(14-12-19)27-17(2)30)24(26(29)32)28-20-7-5-4-6-8-20/h4-16,28H,3H2,1-2H3,(H,27,30). The molecule has 0 bridgehead atoms. The van der Waals surface area contributed by atoms with Crippen LogP contribution in [0, 0.1) is 0 Å². The number of amides is 3. The molecule has 0 aromatic heterocycles. The molecule has 6 heteroatoms. The fraction of sp³-hybridized carbons (Fsp3) is 0.115. The lowest BCUT2D eigenvalue weighted by Crippen LogP contribution is -2.32. The molecule has 32 heavy (non-hydrogen) atoms. The average molecular weight is 425 g/mol. The summed E-state index contributed by atoms with van der Waals surface area (Å²) in [4.78, 5) is 39.4. The van der Waals surface area contributed by atoms with E-state index in [-0.39, 0.29) is 17.2 Å². The number of rotatable bonds is 6. The molecule has 0 spiro atoms. The molecule has 0 fully saturated rings. The first-order valence-corrected chi connectivity index (χ1v) is 10.4. The molecule has 160 valence electrons. The molecule has 1 aliphatic heterocycles. The number of nitrogens with one attached hydrogen (secondary N) is 2. The molecule has 3 aromatic carbocycles. The maximum atomic E-state index is 13.5. The summed E-state index contributed by atoms with van der Waals surface area (Å²) in [7, 11) is 0. The van der Waals surface area contributed by atoms with E-state index in [0.717, 1.165) is 12.0 Å². The van der Waals surface area contributed by atoms with E-state index >= 15 is 0 Å². The Kier molecular flexibility index (Phi) is 5.85. The molecule has 3 amide bonds. The van der Waals surface area contributed by atoms with Gasteiger partial charge in [-0.15, -0.1) is 0 Å². The zero-order chi connectivity index (χ0) is 22.7. The van der Waals surface area contributed by atoms with E-state index in [1.54, 1.807) is 36.4 Å². The topological polar surface area (TPSA) is 78.5 Å². The Morgan fingerprint density at radius 2 is 1.47 bits per heavy atom. The molecule has 0 saturated carbocycles. The van der Waals surface area contributed by atoms with Crippen LogP contribution in [0.4, 0.5) is 17.1 Å². The van der Waals surface area contributed by atoms with Gasteiger partial charge in [0, 0.05) is 18.3 Å². The lowest BCUT2D eigenvalue weighted by Gasteiger charge is -2.16. The van der Waals surface area contributed by atoms with Gasteiger partial charge in [0.25, 0.3) is 11.8 Å². The van der Waals surface area contributed by atoms with Gasteiger partial charge in [-0.25, -0.2) is 4.90 Å². The predicted octanol–water partition coefficient (Wildman–Crippen LogP) is 4.60. The summed E-state index contributed by atoms with van der Waals surface area (Å²) in [5.74, 6) is -0.994. The van der Waals surface area contributed by atoms with Crippen molar-refractivity contribution in [3.63, 3.8) is 0 Å². The van der Waals surface area contributed by atoms with Crippen molar-refractivity contribution in [1.29, 1.82) is 0 Å². The van der Waals surface area contributed by atoms with E-state index in [1.807, 2.05) is 49.4 Å². The second-order valence-corrected chi connectivity index (χ2v) is 7.47. The molecular formula is C26H23N3O3. The molecule has 0 radical (unpaired) electrons. The Morgan fingerprint density at radius 1 is 0.812 bits per heavy atom. The van der Waals surface area contributed by atoms with Crippen LogP contribution in [0.2, 0.25) is 0 Å². The van der Waals surface area contributed by atoms with Crippen LogP contribution in [-0.4, -0.2) is 17.7 Å². The zero-order valence-corrected chi connectivity index (χ0v) is 17.9. The van der Waals surface area contributed by atoms with E-state index in [2.05, 4.69) is 10.6 Å². The maximum Gasteiger partial charge on any atom is 0.282 e. The lowest BCUT2D eigenvalue weighted by atomic mass is 10.0. The predicted molar refractivity (Wildman–Crippen MR) is 126 cm³/mol. The molecular weight excluding hydrogens is 402 g/mol. The minimum atomic E-state index is -0.413. The molecule has 4 rings (SSSR count). The van der Waals surface area contributed by atoms with Crippen molar-refractivity contribution in [2.24, 2.45) is 0 Å². The molecule has 2 N–H and O–H groups in total. The molecule has 0 saturated heterocycles. The monoisotopic (exact) mass is 425 g/mol. The number of carbonyl (C=O) groups is 3. The molecule has 0 unspecified atom stereocenters. The highest BCUT2D eigenvalue weighted by molar-refractivity contribution is 6.46. The van der Waals surface area contributed by atoms with Crippen molar-refractivity contribution >= 4 is 40.4 Å². The van der Waals surface area contributed by atoms with E-state index in [4.69, 9.17) is 0 Å². The highest BCUT2D eigenvalue weighted by Crippen LogP contribution is 2.34. The number of benzene rings is 3. The third-order valence-corrected chi connectivity index (χ3v) is 5.22. The van der Waals surface area contributed by atoms with Gasteiger partial charge in [0.2, 0.25) is 5.91 Å². The number of para-hydroxylation sites is 1. The van der Waals surface area contributed by atoms with Crippen molar-refractivity contribution in [2.45, 2.75) is 20.3 Å².